The summed E-state index contributed by atoms with van der Waals surface area (Å²) in [6.07, 6.45) is 4.28. The minimum Gasteiger partial charge on any atom is -0.443 e. The summed E-state index contributed by atoms with van der Waals surface area (Å²) in [5, 5.41) is 0. The number of hydrogen-bond donors (Lipinski definition) is 0. The molecule has 0 aliphatic heterocycles. The number of benzene rings is 1. The van der Waals surface area contributed by atoms with Crippen LogP contribution in [0.15, 0.2) is 30.3 Å². The van der Waals surface area contributed by atoms with Gasteiger partial charge in [-0.15, -0.1) is 0 Å². The lowest BCUT2D eigenvalue weighted by molar-refractivity contribution is 0.0580. The molecule has 20 heavy (non-hydrogen) atoms. The third-order valence-corrected chi connectivity index (χ3v) is 2.92. The molecule has 1 amide bonds. The van der Waals surface area contributed by atoms with Gasteiger partial charge in [0.25, 0.3) is 0 Å². The molecule has 1 aromatic carbocycles. The van der Waals surface area contributed by atoms with Gasteiger partial charge in [0.05, 0.1) is 0 Å². The maximum Gasteiger partial charge on any atom is 0.414 e. The van der Waals surface area contributed by atoms with Gasteiger partial charge < -0.3 is 4.74 Å². The Labute approximate surface area is 122 Å². The number of unbranched alkanes of at least 4 members (excludes halogenated alkanes) is 3. The summed E-state index contributed by atoms with van der Waals surface area (Å²) >= 11 is 0. The molecule has 0 N–H and O–H groups in total. The normalized spacial score (nSPS) is 11.2. The highest BCUT2D eigenvalue weighted by Gasteiger charge is 2.22. The Balaban J connectivity index is 2.71. The van der Waals surface area contributed by atoms with Crippen LogP contribution < -0.4 is 4.90 Å². The van der Waals surface area contributed by atoms with Crippen LogP contribution >= 0.6 is 0 Å². The van der Waals surface area contributed by atoms with Crippen LogP contribution in [-0.4, -0.2) is 18.2 Å². The highest BCUT2D eigenvalue weighted by Crippen LogP contribution is 2.19. The third-order valence-electron chi connectivity index (χ3n) is 2.92. The minimum atomic E-state index is -0.465. The fourth-order valence-electron chi connectivity index (χ4n) is 1.95. The second-order valence-corrected chi connectivity index (χ2v) is 6.03. The number of nitrogens with zero attached hydrogens (tertiary/aromatic N) is 1. The Kier molecular flexibility index (Phi) is 6.56. The molecule has 0 aliphatic rings. The fraction of sp³-hybridized carbons (Fsp3) is 0.588. The topological polar surface area (TPSA) is 29.5 Å². The van der Waals surface area contributed by atoms with Crippen LogP contribution in [0.4, 0.5) is 10.5 Å². The first-order valence-electron chi connectivity index (χ1n) is 7.49. The molecular weight excluding hydrogens is 250 g/mol. The van der Waals surface area contributed by atoms with Gasteiger partial charge in [-0.1, -0.05) is 44.4 Å². The quantitative estimate of drug-likeness (QED) is 0.684. The van der Waals surface area contributed by atoms with Crippen LogP contribution in [0.25, 0.3) is 0 Å². The molecule has 0 radical (unpaired) electrons. The summed E-state index contributed by atoms with van der Waals surface area (Å²) in [5.41, 5.74) is 0.436. The van der Waals surface area contributed by atoms with Crippen LogP contribution in [-0.2, 0) is 4.74 Å². The predicted molar refractivity (Wildman–Crippen MR) is 84.2 cm³/mol. The Morgan fingerprint density at radius 1 is 1.10 bits per heavy atom. The largest absolute Gasteiger partial charge is 0.443 e. The first-order valence-corrected chi connectivity index (χ1v) is 7.49. The van der Waals surface area contributed by atoms with Crippen molar-refractivity contribution in [1.82, 2.24) is 0 Å². The molecule has 3 nitrogen and oxygen atoms in total. The standard InChI is InChI=1S/C17H27NO2/c1-5-6-7-11-14-18(15-12-9-8-10-13-15)16(19)20-17(2,3)4/h8-10,12-13H,5-7,11,14H2,1-4H3. The van der Waals surface area contributed by atoms with Crippen molar-refractivity contribution >= 4 is 11.8 Å². The van der Waals surface area contributed by atoms with Crippen LogP contribution in [0.3, 0.4) is 0 Å². The molecule has 3 heteroatoms. The number of para-hydroxylation sites is 1. The van der Waals surface area contributed by atoms with Crippen molar-refractivity contribution in [3.63, 3.8) is 0 Å². The lowest BCUT2D eigenvalue weighted by Gasteiger charge is -2.27. The van der Waals surface area contributed by atoms with Gasteiger partial charge >= 0.3 is 6.09 Å². The van der Waals surface area contributed by atoms with Crippen LogP contribution in [0, 0.1) is 0 Å². The summed E-state index contributed by atoms with van der Waals surface area (Å²) in [7, 11) is 0. The van der Waals surface area contributed by atoms with E-state index in [1.165, 1.54) is 12.8 Å². The van der Waals surface area contributed by atoms with Gasteiger partial charge in [0.1, 0.15) is 5.60 Å². The van der Waals surface area contributed by atoms with E-state index >= 15 is 0 Å². The van der Waals surface area contributed by atoms with Gasteiger partial charge in [0.15, 0.2) is 0 Å². The van der Waals surface area contributed by atoms with Gasteiger partial charge in [-0.2, -0.15) is 0 Å². The number of amides is 1. The SMILES string of the molecule is CCCCCCN(C(=O)OC(C)(C)C)c1ccccc1. The van der Waals surface area contributed by atoms with Crippen molar-refractivity contribution in [3.8, 4) is 0 Å². The van der Waals surface area contributed by atoms with E-state index in [4.69, 9.17) is 4.74 Å². The zero-order chi connectivity index (χ0) is 15.0. The van der Waals surface area contributed by atoms with E-state index in [1.807, 2.05) is 51.1 Å². The van der Waals surface area contributed by atoms with Gasteiger partial charge in [0.2, 0.25) is 0 Å². The summed E-state index contributed by atoms with van der Waals surface area (Å²) in [6.45, 7) is 8.57. The van der Waals surface area contributed by atoms with Gasteiger partial charge in [-0.3, -0.25) is 4.90 Å². The van der Waals surface area contributed by atoms with Crippen molar-refractivity contribution in [2.75, 3.05) is 11.4 Å². The zero-order valence-electron chi connectivity index (χ0n) is 13.2. The first-order chi connectivity index (χ1) is 9.44. The van der Waals surface area contributed by atoms with Crippen molar-refractivity contribution in [2.24, 2.45) is 0 Å². The average Bonchev–Trinajstić information content (AvgIpc) is 2.37. The van der Waals surface area contributed by atoms with E-state index in [1.54, 1.807) is 4.90 Å². The van der Waals surface area contributed by atoms with Crippen molar-refractivity contribution in [1.29, 1.82) is 0 Å². The lowest BCUT2D eigenvalue weighted by Crippen LogP contribution is -2.37. The summed E-state index contributed by atoms with van der Waals surface area (Å²) in [4.78, 5) is 14.1. The second-order valence-electron chi connectivity index (χ2n) is 6.03. The predicted octanol–water partition coefficient (Wildman–Crippen LogP) is 5.01. The number of rotatable bonds is 6. The van der Waals surface area contributed by atoms with E-state index in [-0.39, 0.29) is 6.09 Å². The smallest absolute Gasteiger partial charge is 0.414 e. The number of hydrogen-bond acceptors (Lipinski definition) is 2. The summed E-state index contributed by atoms with van der Waals surface area (Å²) in [6, 6.07) is 9.73. The Hall–Kier alpha value is -1.51. The molecule has 1 aromatic rings. The number of carbonyl (C=O) groups excluding carboxylic acids is 1. The number of anilines is 1. The molecule has 0 saturated heterocycles. The molecule has 1 rings (SSSR count). The fourth-order valence-corrected chi connectivity index (χ4v) is 1.95. The average molecular weight is 277 g/mol. The molecule has 0 bridgehead atoms. The maximum atomic E-state index is 12.3. The summed E-state index contributed by atoms with van der Waals surface area (Å²) in [5.74, 6) is 0. The van der Waals surface area contributed by atoms with E-state index < -0.39 is 5.60 Å². The van der Waals surface area contributed by atoms with Gasteiger partial charge in [-0.25, -0.2) is 4.79 Å². The van der Waals surface area contributed by atoms with Crippen LogP contribution in [0.1, 0.15) is 53.4 Å². The number of carbonyl (C=O) groups is 1. The molecule has 0 fully saturated rings. The Morgan fingerprint density at radius 2 is 1.75 bits per heavy atom. The lowest BCUT2D eigenvalue weighted by atomic mass is 10.2. The highest BCUT2D eigenvalue weighted by atomic mass is 16.6. The molecule has 112 valence electrons. The molecule has 0 atom stereocenters. The van der Waals surface area contributed by atoms with E-state index in [0.29, 0.717) is 6.54 Å². The first kappa shape index (κ1) is 16.5. The summed E-state index contributed by atoms with van der Waals surface area (Å²) < 4.78 is 5.50. The zero-order valence-corrected chi connectivity index (χ0v) is 13.2. The van der Waals surface area contributed by atoms with E-state index in [9.17, 15) is 4.79 Å². The van der Waals surface area contributed by atoms with Crippen molar-refractivity contribution < 1.29 is 9.53 Å². The van der Waals surface area contributed by atoms with E-state index in [2.05, 4.69) is 6.92 Å². The Bertz CT molecular complexity index is 395. The molecule has 0 unspecified atom stereocenters. The monoisotopic (exact) mass is 277 g/mol. The molecule has 0 saturated carbocycles. The highest BCUT2D eigenvalue weighted by molar-refractivity contribution is 5.87. The minimum absolute atomic E-state index is 0.264. The van der Waals surface area contributed by atoms with Gasteiger partial charge in [0, 0.05) is 12.2 Å². The molecule has 0 aliphatic carbocycles. The maximum absolute atomic E-state index is 12.3. The van der Waals surface area contributed by atoms with Gasteiger partial charge in [-0.05, 0) is 39.3 Å². The van der Waals surface area contributed by atoms with Crippen molar-refractivity contribution in [3.05, 3.63) is 30.3 Å². The number of ether oxygens (including phenoxy) is 1. The molecular formula is C17H27NO2. The van der Waals surface area contributed by atoms with Crippen molar-refractivity contribution in [2.45, 2.75) is 59.0 Å². The van der Waals surface area contributed by atoms with E-state index in [0.717, 1.165) is 18.5 Å². The molecule has 0 heterocycles. The molecule has 0 spiro atoms. The molecule has 0 aromatic heterocycles. The van der Waals surface area contributed by atoms with Crippen LogP contribution in [0.5, 0.6) is 0 Å². The second kappa shape index (κ2) is 7.93. The third kappa shape index (κ3) is 6.09. The van der Waals surface area contributed by atoms with Crippen LogP contribution in [0.2, 0.25) is 0 Å². The Morgan fingerprint density at radius 3 is 2.30 bits per heavy atom.